The molecule has 0 spiro atoms. The lowest BCUT2D eigenvalue weighted by atomic mass is 10.0. The first-order valence-corrected chi connectivity index (χ1v) is 4.18. The van der Waals surface area contributed by atoms with E-state index in [0.717, 1.165) is 11.1 Å². The Morgan fingerprint density at radius 1 is 1.00 bits per heavy atom. The van der Waals surface area contributed by atoms with Crippen LogP contribution in [0.3, 0.4) is 0 Å². The van der Waals surface area contributed by atoms with Crippen LogP contribution in [0.4, 0.5) is 0 Å². The molecule has 3 nitrogen and oxygen atoms in total. The Labute approximate surface area is 81.7 Å². The molecule has 0 amide bonds. The zero-order valence-electron chi connectivity index (χ0n) is 7.38. The predicted octanol–water partition coefficient (Wildman–Crippen LogP) is 2.02. The van der Waals surface area contributed by atoms with Gasteiger partial charge in [0.2, 0.25) is 0 Å². The normalized spacial score (nSPS) is 9.36. The van der Waals surface area contributed by atoms with E-state index in [1.165, 1.54) is 6.20 Å². The molecule has 1 aromatic carbocycles. The van der Waals surface area contributed by atoms with Gasteiger partial charge in [-0.2, -0.15) is 15.5 Å². The highest BCUT2D eigenvalue weighted by Crippen LogP contribution is 2.20. The van der Waals surface area contributed by atoms with E-state index >= 15 is 0 Å². The summed E-state index contributed by atoms with van der Waals surface area (Å²) >= 11 is 0. The first kappa shape index (κ1) is 8.39. The average Bonchev–Trinajstić information content (AvgIpc) is 2.30. The smallest absolute Gasteiger partial charge is 0.102 e. The monoisotopic (exact) mass is 181 g/mol. The lowest BCUT2D eigenvalue weighted by molar-refractivity contribution is 1.03. The van der Waals surface area contributed by atoms with Gasteiger partial charge in [0.05, 0.1) is 18.0 Å². The summed E-state index contributed by atoms with van der Waals surface area (Å²) in [6.45, 7) is 0. The van der Waals surface area contributed by atoms with Gasteiger partial charge in [-0.3, -0.25) is 0 Å². The van der Waals surface area contributed by atoms with Crippen LogP contribution in [0.1, 0.15) is 5.56 Å². The second-order valence-electron chi connectivity index (χ2n) is 2.79. The third-order valence-corrected chi connectivity index (χ3v) is 1.94. The molecule has 3 heteroatoms. The van der Waals surface area contributed by atoms with Crippen LogP contribution in [0.25, 0.3) is 11.1 Å². The summed E-state index contributed by atoms with van der Waals surface area (Å²) in [7, 11) is 0. The Balaban J connectivity index is 2.58. The van der Waals surface area contributed by atoms with Gasteiger partial charge in [0.1, 0.15) is 6.07 Å². The van der Waals surface area contributed by atoms with Gasteiger partial charge in [0.25, 0.3) is 0 Å². The lowest BCUT2D eigenvalue weighted by Crippen LogP contribution is -1.88. The van der Waals surface area contributed by atoms with E-state index in [-0.39, 0.29) is 0 Å². The maximum absolute atomic E-state index is 8.86. The van der Waals surface area contributed by atoms with Gasteiger partial charge < -0.3 is 0 Å². The average molecular weight is 181 g/mol. The van der Waals surface area contributed by atoms with Gasteiger partial charge in [-0.15, -0.1) is 0 Å². The topological polar surface area (TPSA) is 49.6 Å². The summed E-state index contributed by atoms with van der Waals surface area (Å²) in [5.74, 6) is 0. The molecule has 0 aliphatic carbocycles. The van der Waals surface area contributed by atoms with Crippen molar-refractivity contribution < 1.29 is 0 Å². The minimum absolute atomic E-state index is 0.547. The maximum Gasteiger partial charge on any atom is 0.102 e. The quantitative estimate of drug-likeness (QED) is 0.676. The summed E-state index contributed by atoms with van der Waals surface area (Å²) in [6, 6.07) is 11.8. The van der Waals surface area contributed by atoms with Crippen LogP contribution >= 0.6 is 0 Å². The first-order valence-electron chi connectivity index (χ1n) is 4.18. The Kier molecular flexibility index (Phi) is 2.20. The third kappa shape index (κ3) is 1.46. The molecule has 1 heterocycles. The molecular weight excluding hydrogens is 174 g/mol. The fourth-order valence-corrected chi connectivity index (χ4v) is 1.26. The number of hydrogen-bond donors (Lipinski definition) is 0. The lowest BCUT2D eigenvalue weighted by Gasteiger charge is -2.00. The van der Waals surface area contributed by atoms with E-state index < -0.39 is 0 Å². The third-order valence-electron chi connectivity index (χ3n) is 1.94. The first-order chi connectivity index (χ1) is 6.92. The molecule has 0 saturated heterocycles. The number of nitrogens with zero attached hydrogens (tertiary/aromatic N) is 3. The summed E-state index contributed by atoms with van der Waals surface area (Å²) in [5.41, 5.74) is 2.35. The zero-order chi connectivity index (χ0) is 9.80. The molecular formula is C11H7N3. The van der Waals surface area contributed by atoms with E-state index in [4.69, 9.17) is 5.26 Å². The Bertz CT molecular complexity index is 471. The fourth-order valence-electron chi connectivity index (χ4n) is 1.26. The van der Waals surface area contributed by atoms with Crippen molar-refractivity contribution in [1.29, 1.82) is 5.26 Å². The molecule has 0 N–H and O–H groups in total. The zero-order valence-corrected chi connectivity index (χ0v) is 7.38. The van der Waals surface area contributed by atoms with Crippen LogP contribution in [-0.4, -0.2) is 10.2 Å². The van der Waals surface area contributed by atoms with Crippen LogP contribution in [0.2, 0.25) is 0 Å². The largest absolute Gasteiger partial charge is 0.192 e. The molecule has 2 rings (SSSR count). The van der Waals surface area contributed by atoms with Crippen LogP contribution in [0.5, 0.6) is 0 Å². The molecule has 66 valence electrons. The molecule has 14 heavy (non-hydrogen) atoms. The number of rotatable bonds is 1. The minimum atomic E-state index is 0.547. The van der Waals surface area contributed by atoms with Crippen molar-refractivity contribution >= 4 is 0 Å². The second-order valence-corrected chi connectivity index (χ2v) is 2.79. The molecule has 1 aromatic heterocycles. The second kappa shape index (κ2) is 3.67. The summed E-state index contributed by atoms with van der Waals surface area (Å²) in [4.78, 5) is 0. The van der Waals surface area contributed by atoms with Crippen molar-refractivity contribution in [3.8, 4) is 17.2 Å². The van der Waals surface area contributed by atoms with E-state index in [1.807, 2.05) is 30.3 Å². The van der Waals surface area contributed by atoms with Gasteiger partial charge in [-0.25, -0.2) is 0 Å². The molecule has 0 radical (unpaired) electrons. The molecule has 0 unspecified atom stereocenters. The van der Waals surface area contributed by atoms with E-state index in [1.54, 1.807) is 6.20 Å². The summed E-state index contributed by atoms with van der Waals surface area (Å²) in [5, 5.41) is 16.3. The van der Waals surface area contributed by atoms with Crippen molar-refractivity contribution in [1.82, 2.24) is 10.2 Å². The van der Waals surface area contributed by atoms with Crippen LogP contribution in [-0.2, 0) is 0 Å². The Hall–Kier alpha value is -2.21. The van der Waals surface area contributed by atoms with Crippen molar-refractivity contribution in [3.63, 3.8) is 0 Å². The van der Waals surface area contributed by atoms with Crippen LogP contribution in [0.15, 0.2) is 42.7 Å². The molecule has 0 saturated carbocycles. The van der Waals surface area contributed by atoms with Gasteiger partial charge in [0.15, 0.2) is 0 Å². The van der Waals surface area contributed by atoms with E-state index in [2.05, 4.69) is 16.3 Å². The van der Waals surface area contributed by atoms with Crippen LogP contribution in [0, 0.1) is 11.3 Å². The predicted molar refractivity (Wildman–Crippen MR) is 52.2 cm³/mol. The standard InChI is InChI=1S/C11H7N3/c12-6-10-7-13-14-8-11(10)9-4-2-1-3-5-9/h1-5,7-8H. The van der Waals surface area contributed by atoms with Gasteiger partial charge in [-0.05, 0) is 5.56 Å². The Morgan fingerprint density at radius 3 is 2.43 bits per heavy atom. The summed E-state index contributed by atoms with van der Waals surface area (Å²) < 4.78 is 0. The number of aromatic nitrogens is 2. The molecule has 0 aliphatic rings. The van der Waals surface area contributed by atoms with Gasteiger partial charge >= 0.3 is 0 Å². The molecule has 0 atom stereocenters. The summed E-state index contributed by atoms with van der Waals surface area (Å²) in [6.07, 6.45) is 3.08. The minimum Gasteiger partial charge on any atom is -0.192 e. The highest BCUT2D eigenvalue weighted by molar-refractivity contribution is 5.68. The number of nitriles is 1. The SMILES string of the molecule is N#Cc1cnncc1-c1ccccc1. The van der Waals surface area contributed by atoms with Crippen molar-refractivity contribution in [3.05, 3.63) is 48.3 Å². The van der Waals surface area contributed by atoms with Crippen molar-refractivity contribution in [2.24, 2.45) is 0 Å². The van der Waals surface area contributed by atoms with Gasteiger partial charge in [-0.1, -0.05) is 30.3 Å². The fraction of sp³-hybridized carbons (Fsp3) is 0. The van der Waals surface area contributed by atoms with Gasteiger partial charge in [0, 0.05) is 5.56 Å². The molecule has 2 aromatic rings. The van der Waals surface area contributed by atoms with E-state index in [9.17, 15) is 0 Å². The van der Waals surface area contributed by atoms with E-state index in [0.29, 0.717) is 5.56 Å². The van der Waals surface area contributed by atoms with Crippen molar-refractivity contribution in [2.45, 2.75) is 0 Å². The Morgan fingerprint density at radius 2 is 1.71 bits per heavy atom. The van der Waals surface area contributed by atoms with Crippen molar-refractivity contribution in [2.75, 3.05) is 0 Å². The highest BCUT2D eigenvalue weighted by Gasteiger charge is 2.03. The van der Waals surface area contributed by atoms with Crippen LogP contribution < -0.4 is 0 Å². The number of hydrogen-bond acceptors (Lipinski definition) is 3. The molecule has 0 aliphatic heterocycles. The maximum atomic E-state index is 8.86. The highest BCUT2D eigenvalue weighted by atomic mass is 15.1. The number of benzene rings is 1. The molecule has 0 fully saturated rings. The molecule has 0 bridgehead atoms.